The van der Waals surface area contributed by atoms with Crippen LogP contribution in [0.5, 0.6) is 0 Å². The van der Waals surface area contributed by atoms with Crippen LogP contribution >= 0.6 is 34.9 Å². The first-order chi connectivity index (χ1) is 9.19. The molecule has 0 saturated carbocycles. The van der Waals surface area contributed by atoms with E-state index in [1.54, 1.807) is 0 Å². The van der Waals surface area contributed by atoms with Crippen molar-refractivity contribution in [3.8, 4) is 0 Å². The molecular formula is C12H13N3OS3. The van der Waals surface area contributed by atoms with E-state index in [-0.39, 0.29) is 11.2 Å². The molecule has 0 aliphatic heterocycles. The van der Waals surface area contributed by atoms with E-state index in [1.165, 1.54) is 34.9 Å². The van der Waals surface area contributed by atoms with Crippen LogP contribution in [0.3, 0.4) is 0 Å². The molecule has 7 heteroatoms. The van der Waals surface area contributed by atoms with E-state index >= 15 is 0 Å². The van der Waals surface area contributed by atoms with Gasteiger partial charge in [0.05, 0.1) is 5.25 Å². The molecule has 1 amide bonds. The highest BCUT2D eigenvalue weighted by atomic mass is 32.2. The third-order valence-electron chi connectivity index (χ3n) is 2.24. The molecule has 0 aliphatic carbocycles. The second kappa shape index (κ2) is 6.93. The van der Waals surface area contributed by atoms with Gasteiger partial charge in [-0.2, -0.15) is 0 Å². The number of benzene rings is 1. The largest absolute Gasteiger partial charge is 0.300 e. The van der Waals surface area contributed by atoms with Gasteiger partial charge in [-0.25, -0.2) is 0 Å². The lowest BCUT2D eigenvalue weighted by atomic mass is 10.4. The Morgan fingerprint density at radius 2 is 2.05 bits per heavy atom. The van der Waals surface area contributed by atoms with Gasteiger partial charge in [-0.05, 0) is 25.3 Å². The van der Waals surface area contributed by atoms with E-state index in [9.17, 15) is 4.79 Å². The van der Waals surface area contributed by atoms with E-state index in [0.29, 0.717) is 5.13 Å². The quantitative estimate of drug-likeness (QED) is 0.677. The number of nitrogens with one attached hydrogen (secondary N) is 1. The summed E-state index contributed by atoms with van der Waals surface area (Å²) in [6.07, 6.45) is 1.93. The molecule has 1 aromatic carbocycles. The van der Waals surface area contributed by atoms with Gasteiger partial charge in [0.1, 0.15) is 0 Å². The Bertz CT molecular complexity index is 544. The van der Waals surface area contributed by atoms with E-state index < -0.39 is 0 Å². The molecule has 1 atom stereocenters. The fourth-order valence-electron chi connectivity index (χ4n) is 1.31. The average Bonchev–Trinajstić information content (AvgIpc) is 2.87. The molecule has 100 valence electrons. The normalized spacial score (nSPS) is 12.1. The van der Waals surface area contributed by atoms with E-state index in [4.69, 9.17) is 0 Å². The lowest BCUT2D eigenvalue weighted by Gasteiger charge is -2.09. The molecule has 0 fully saturated rings. The molecule has 0 radical (unpaired) electrons. The van der Waals surface area contributed by atoms with Crippen LogP contribution in [0.25, 0.3) is 0 Å². The summed E-state index contributed by atoms with van der Waals surface area (Å²) in [6.45, 7) is 1.88. The van der Waals surface area contributed by atoms with Gasteiger partial charge in [0.15, 0.2) is 4.34 Å². The Balaban J connectivity index is 1.92. The molecule has 0 spiro atoms. The zero-order valence-corrected chi connectivity index (χ0v) is 12.9. The highest BCUT2D eigenvalue weighted by molar-refractivity contribution is 8.00. The molecule has 19 heavy (non-hydrogen) atoms. The van der Waals surface area contributed by atoms with Gasteiger partial charge in [-0.1, -0.05) is 41.3 Å². The molecule has 4 nitrogen and oxygen atoms in total. The van der Waals surface area contributed by atoms with E-state index in [2.05, 4.69) is 15.5 Å². The molecule has 0 saturated heterocycles. The number of carbonyl (C=O) groups is 1. The molecule has 2 aromatic rings. The lowest BCUT2D eigenvalue weighted by molar-refractivity contribution is -0.115. The number of hydrogen-bond acceptors (Lipinski definition) is 6. The third-order valence-corrected chi connectivity index (χ3v) is 5.16. The summed E-state index contributed by atoms with van der Waals surface area (Å²) in [5.41, 5.74) is 0. The summed E-state index contributed by atoms with van der Waals surface area (Å²) in [4.78, 5) is 13.1. The van der Waals surface area contributed by atoms with Crippen LogP contribution < -0.4 is 5.32 Å². The van der Waals surface area contributed by atoms with Crippen molar-refractivity contribution in [2.75, 3.05) is 11.6 Å². The van der Waals surface area contributed by atoms with Crippen molar-refractivity contribution >= 4 is 45.9 Å². The number of nitrogens with zero attached hydrogens (tertiary/aromatic N) is 2. The number of rotatable bonds is 5. The topological polar surface area (TPSA) is 54.9 Å². The molecule has 2 rings (SSSR count). The zero-order chi connectivity index (χ0) is 13.7. The molecule has 1 aromatic heterocycles. The molecular weight excluding hydrogens is 298 g/mol. The van der Waals surface area contributed by atoms with E-state index in [1.807, 2.05) is 43.5 Å². The van der Waals surface area contributed by atoms with Crippen LogP contribution in [0.1, 0.15) is 6.92 Å². The first kappa shape index (κ1) is 14.4. The van der Waals surface area contributed by atoms with Crippen molar-refractivity contribution in [2.24, 2.45) is 0 Å². The predicted molar refractivity (Wildman–Crippen MR) is 82.1 cm³/mol. The summed E-state index contributed by atoms with van der Waals surface area (Å²) in [5, 5.41) is 11.0. The predicted octanol–water partition coefficient (Wildman–Crippen LogP) is 3.38. The standard InChI is InChI=1S/C12H13N3OS3/c1-8(18-9-6-4-3-5-7-9)10(16)13-11-14-15-12(17-2)19-11/h3-8H,1-2H3,(H,13,14,16). The number of aromatic nitrogens is 2. The first-order valence-electron chi connectivity index (χ1n) is 5.59. The van der Waals surface area contributed by atoms with Crippen LogP contribution in [0, 0.1) is 0 Å². The fraction of sp³-hybridized carbons (Fsp3) is 0.250. The minimum absolute atomic E-state index is 0.0577. The number of anilines is 1. The van der Waals surface area contributed by atoms with E-state index in [0.717, 1.165) is 9.24 Å². The maximum atomic E-state index is 12.0. The monoisotopic (exact) mass is 311 g/mol. The van der Waals surface area contributed by atoms with Crippen molar-refractivity contribution < 1.29 is 4.79 Å². The van der Waals surface area contributed by atoms with Crippen molar-refractivity contribution in [1.29, 1.82) is 0 Å². The number of amides is 1. The lowest BCUT2D eigenvalue weighted by Crippen LogP contribution is -2.22. The Labute approximate surface area is 124 Å². The summed E-state index contributed by atoms with van der Waals surface area (Å²) < 4.78 is 0.846. The first-order valence-corrected chi connectivity index (χ1v) is 8.51. The van der Waals surface area contributed by atoms with Gasteiger partial charge in [0, 0.05) is 4.90 Å². The zero-order valence-electron chi connectivity index (χ0n) is 10.5. The summed E-state index contributed by atoms with van der Waals surface area (Å²) in [5.74, 6) is -0.0577. The van der Waals surface area contributed by atoms with Gasteiger partial charge < -0.3 is 0 Å². The van der Waals surface area contributed by atoms with Crippen molar-refractivity contribution in [3.63, 3.8) is 0 Å². The van der Waals surface area contributed by atoms with Crippen LogP contribution in [-0.2, 0) is 4.79 Å². The highest BCUT2D eigenvalue weighted by Gasteiger charge is 2.16. The maximum Gasteiger partial charge on any atom is 0.239 e. The van der Waals surface area contributed by atoms with Crippen LogP contribution in [0.15, 0.2) is 39.6 Å². The van der Waals surface area contributed by atoms with Crippen molar-refractivity contribution in [1.82, 2.24) is 10.2 Å². The molecule has 0 bridgehead atoms. The highest BCUT2D eigenvalue weighted by Crippen LogP contribution is 2.26. The van der Waals surface area contributed by atoms with Gasteiger partial charge in [-0.3, -0.25) is 10.1 Å². The minimum atomic E-state index is -0.177. The van der Waals surface area contributed by atoms with Gasteiger partial charge >= 0.3 is 0 Å². The summed E-state index contributed by atoms with van der Waals surface area (Å²) in [6, 6.07) is 9.86. The molecule has 1 heterocycles. The van der Waals surface area contributed by atoms with Crippen LogP contribution in [0.2, 0.25) is 0 Å². The van der Waals surface area contributed by atoms with Crippen LogP contribution in [0.4, 0.5) is 5.13 Å². The summed E-state index contributed by atoms with van der Waals surface area (Å²) in [7, 11) is 0. The fourth-order valence-corrected chi connectivity index (χ4v) is 3.37. The van der Waals surface area contributed by atoms with Gasteiger partial charge in [0.25, 0.3) is 0 Å². The Kier molecular flexibility index (Phi) is 5.24. The second-order valence-corrected chi connectivity index (χ2v) is 7.08. The molecule has 1 unspecified atom stereocenters. The Morgan fingerprint density at radius 1 is 1.32 bits per heavy atom. The average molecular weight is 311 g/mol. The van der Waals surface area contributed by atoms with Gasteiger partial charge in [-0.15, -0.1) is 22.0 Å². The van der Waals surface area contributed by atoms with Crippen LogP contribution in [-0.4, -0.2) is 27.6 Å². The second-order valence-electron chi connectivity index (χ2n) is 3.64. The molecule has 1 N–H and O–H groups in total. The maximum absolute atomic E-state index is 12.0. The summed E-state index contributed by atoms with van der Waals surface area (Å²) >= 11 is 4.42. The molecule has 0 aliphatic rings. The SMILES string of the molecule is CSc1nnc(NC(=O)C(C)Sc2ccccc2)s1. The number of carbonyl (C=O) groups excluding carboxylic acids is 1. The third kappa shape index (κ3) is 4.22. The van der Waals surface area contributed by atoms with Gasteiger partial charge in [0.2, 0.25) is 11.0 Å². The van der Waals surface area contributed by atoms with Crippen molar-refractivity contribution in [2.45, 2.75) is 21.4 Å². The smallest absolute Gasteiger partial charge is 0.239 e. The number of hydrogen-bond donors (Lipinski definition) is 1. The minimum Gasteiger partial charge on any atom is -0.300 e. The number of thioether (sulfide) groups is 2. The Morgan fingerprint density at radius 3 is 2.68 bits per heavy atom. The Hall–Kier alpha value is -1.05. The van der Waals surface area contributed by atoms with Crippen molar-refractivity contribution in [3.05, 3.63) is 30.3 Å².